The Hall–Kier alpha value is -2.17. The summed E-state index contributed by atoms with van der Waals surface area (Å²) in [5, 5.41) is 10.1. The molecule has 1 heterocycles. The lowest BCUT2D eigenvalue weighted by atomic mass is 9.89. The molecule has 0 bridgehead atoms. The molecule has 1 amide bonds. The Balaban J connectivity index is 1.81. The lowest BCUT2D eigenvalue weighted by Crippen LogP contribution is -2.57. The maximum absolute atomic E-state index is 13.9. The van der Waals surface area contributed by atoms with Gasteiger partial charge in [-0.3, -0.25) is 9.59 Å². The molecule has 2 aromatic carbocycles. The van der Waals surface area contributed by atoms with Crippen molar-refractivity contribution in [1.82, 2.24) is 9.21 Å². The van der Waals surface area contributed by atoms with E-state index < -0.39 is 52.6 Å². The molecular weight excluding hydrogens is 539 g/mol. The van der Waals surface area contributed by atoms with Crippen LogP contribution in [0.15, 0.2) is 48.5 Å². The highest BCUT2D eigenvalue weighted by molar-refractivity contribution is 7.90. The predicted molar refractivity (Wildman–Crippen MR) is 141 cm³/mol. The number of likely N-dealkylation sites (N-methyl/N-ethyl adjacent to an activating group) is 1. The molecule has 0 spiro atoms. The summed E-state index contributed by atoms with van der Waals surface area (Å²) in [6.45, 7) is 1.96. The molecule has 1 aliphatic carbocycles. The van der Waals surface area contributed by atoms with Crippen LogP contribution in [0.1, 0.15) is 55.9 Å². The standard InChI is InChI=1S/C26H30Cl2N2O6S/c1-3-20(15-29(2)37(34,35)21-11-12-21)30-24(16-7-9-18(27)10-8-16)25(17-5-4-6-19(28)13-17)36-22(26(30)33)14-23(31)32/h4-10,13,20-22,24-25H,3,11-12,14-15H2,1-2H3,(H,31,32)/t20-,22-,24+,25+/m0/s1. The van der Waals surface area contributed by atoms with E-state index in [4.69, 9.17) is 27.9 Å². The molecule has 2 aromatic rings. The van der Waals surface area contributed by atoms with Crippen LogP contribution in [-0.4, -0.2) is 65.6 Å². The van der Waals surface area contributed by atoms with Crippen molar-refractivity contribution in [2.24, 2.45) is 0 Å². The van der Waals surface area contributed by atoms with Gasteiger partial charge >= 0.3 is 5.97 Å². The minimum absolute atomic E-state index is 0.0766. The summed E-state index contributed by atoms with van der Waals surface area (Å²) in [6, 6.07) is 12.8. The Kier molecular flexibility index (Phi) is 8.50. The van der Waals surface area contributed by atoms with Crippen molar-refractivity contribution >= 4 is 45.1 Å². The van der Waals surface area contributed by atoms with Gasteiger partial charge < -0.3 is 14.7 Å². The first-order chi connectivity index (χ1) is 17.5. The molecule has 37 heavy (non-hydrogen) atoms. The maximum Gasteiger partial charge on any atom is 0.306 e. The topological polar surface area (TPSA) is 104 Å². The zero-order valence-electron chi connectivity index (χ0n) is 20.6. The van der Waals surface area contributed by atoms with Crippen LogP contribution in [0.3, 0.4) is 0 Å². The molecule has 4 atom stereocenters. The second-order valence-electron chi connectivity index (χ2n) is 9.53. The third kappa shape index (κ3) is 6.12. The number of hydrogen-bond acceptors (Lipinski definition) is 5. The van der Waals surface area contributed by atoms with Gasteiger partial charge in [-0.1, -0.05) is 54.4 Å². The van der Waals surface area contributed by atoms with E-state index in [9.17, 15) is 23.1 Å². The van der Waals surface area contributed by atoms with E-state index in [1.54, 1.807) is 47.4 Å². The van der Waals surface area contributed by atoms with Gasteiger partial charge in [-0.25, -0.2) is 12.7 Å². The van der Waals surface area contributed by atoms with E-state index >= 15 is 0 Å². The number of morpholine rings is 1. The fourth-order valence-electron chi connectivity index (χ4n) is 4.83. The molecule has 4 rings (SSSR count). The lowest BCUT2D eigenvalue weighted by Gasteiger charge is -2.48. The van der Waals surface area contributed by atoms with E-state index in [1.807, 2.05) is 13.0 Å². The van der Waals surface area contributed by atoms with Gasteiger partial charge in [0.25, 0.3) is 5.91 Å². The molecule has 1 saturated carbocycles. The largest absolute Gasteiger partial charge is 0.481 e. The Labute approximate surface area is 227 Å². The second-order valence-corrected chi connectivity index (χ2v) is 12.7. The van der Waals surface area contributed by atoms with Crippen molar-refractivity contribution in [2.75, 3.05) is 13.6 Å². The van der Waals surface area contributed by atoms with E-state index in [-0.39, 0.29) is 11.8 Å². The number of rotatable bonds is 10. The van der Waals surface area contributed by atoms with E-state index in [2.05, 4.69) is 0 Å². The molecule has 0 radical (unpaired) electrons. The zero-order chi connectivity index (χ0) is 26.9. The van der Waals surface area contributed by atoms with E-state index in [0.717, 1.165) is 5.56 Å². The molecule has 2 fully saturated rings. The van der Waals surface area contributed by atoms with Gasteiger partial charge in [0, 0.05) is 29.7 Å². The van der Waals surface area contributed by atoms with Crippen LogP contribution in [0.4, 0.5) is 0 Å². The second kappa shape index (κ2) is 11.3. The molecule has 1 N–H and O–H groups in total. The van der Waals surface area contributed by atoms with Crippen LogP contribution < -0.4 is 0 Å². The molecule has 1 saturated heterocycles. The first-order valence-corrected chi connectivity index (χ1v) is 14.4. The van der Waals surface area contributed by atoms with Crippen LogP contribution in [-0.2, 0) is 24.3 Å². The summed E-state index contributed by atoms with van der Waals surface area (Å²) >= 11 is 12.4. The van der Waals surface area contributed by atoms with Gasteiger partial charge in [-0.15, -0.1) is 0 Å². The summed E-state index contributed by atoms with van der Waals surface area (Å²) in [4.78, 5) is 27.1. The number of nitrogens with zero attached hydrogens (tertiary/aromatic N) is 2. The fraction of sp³-hybridized carbons (Fsp3) is 0.462. The minimum atomic E-state index is -3.48. The molecule has 2 aliphatic rings. The van der Waals surface area contributed by atoms with Crippen LogP contribution in [0.2, 0.25) is 10.0 Å². The maximum atomic E-state index is 13.9. The number of benzene rings is 2. The van der Waals surface area contributed by atoms with E-state index in [0.29, 0.717) is 34.9 Å². The average Bonchev–Trinajstić information content (AvgIpc) is 3.70. The fourth-order valence-corrected chi connectivity index (χ4v) is 6.78. The summed E-state index contributed by atoms with van der Waals surface area (Å²) in [6.07, 6.45) is -0.810. The van der Waals surface area contributed by atoms with Crippen LogP contribution in [0.25, 0.3) is 0 Å². The highest BCUT2D eigenvalue weighted by Gasteiger charge is 2.48. The van der Waals surface area contributed by atoms with Crippen molar-refractivity contribution in [2.45, 2.75) is 62.1 Å². The molecule has 0 aromatic heterocycles. The smallest absolute Gasteiger partial charge is 0.306 e. The zero-order valence-corrected chi connectivity index (χ0v) is 22.9. The number of halogens is 2. The molecule has 8 nitrogen and oxygen atoms in total. The van der Waals surface area contributed by atoms with Crippen molar-refractivity contribution in [1.29, 1.82) is 0 Å². The Bertz CT molecular complexity index is 1250. The number of hydrogen-bond donors (Lipinski definition) is 1. The van der Waals surface area contributed by atoms with Crippen LogP contribution >= 0.6 is 23.2 Å². The molecule has 0 unspecified atom stereocenters. The van der Waals surface area contributed by atoms with Crippen LogP contribution in [0.5, 0.6) is 0 Å². The summed E-state index contributed by atoms with van der Waals surface area (Å²) in [5.74, 6) is -1.67. The molecule has 11 heteroatoms. The first kappa shape index (κ1) is 27.9. The molecule has 200 valence electrons. The Morgan fingerprint density at radius 2 is 1.81 bits per heavy atom. The average molecular weight is 570 g/mol. The van der Waals surface area contributed by atoms with Gasteiger partial charge in [0.1, 0.15) is 12.2 Å². The number of sulfonamides is 1. The van der Waals surface area contributed by atoms with Gasteiger partial charge in [0.05, 0.1) is 17.7 Å². The molecular formula is C26H30Cl2N2O6S. The highest BCUT2D eigenvalue weighted by atomic mass is 35.5. The summed E-state index contributed by atoms with van der Waals surface area (Å²) in [7, 11) is -1.95. The Morgan fingerprint density at radius 1 is 1.14 bits per heavy atom. The number of carboxylic acid groups (broad SMARTS) is 1. The van der Waals surface area contributed by atoms with Gasteiger partial charge in [-0.2, -0.15) is 0 Å². The quantitative estimate of drug-likeness (QED) is 0.446. The molecule has 1 aliphatic heterocycles. The monoisotopic (exact) mass is 568 g/mol. The van der Waals surface area contributed by atoms with Crippen LogP contribution in [0, 0.1) is 0 Å². The van der Waals surface area contributed by atoms with Gasteiger partial charge in [0.15, 0.2) is 0 Å². The number of carbonyl (C=O) groups is 2. The normalized spacial score (nSPS) is 23.3. The van der Waals surface area contributed by atoms with E-state index in [1.165, 1.54) is 11.4 Å². The van der Waals surface area contributed by atoms with Gasteiger partial charge in [-0.05, 0) is 54.7 Å². The number of carboxylic acids is 1. The lowest BCUT2D eigenvalue weighted by molar-refractivity contribution is -0.183. The third-order valence-corrected chi connectivity index (χ3v) is 9.71. The van der Waals surface area contributed by atoms with Gasteiger partial charge in [0.2, 0.25) is 10.0 Å². The highest BCUT2D eigenvalue weighted by Crippen LogP contribution is 2.45. The van der Waals surface area contributed by atoms with Crippen molar-refractivity contribution in [3.63, 3.8) is 0 Å². The number of aliphatic carboxylic acids is 1. The minimum Gasteiger partial charge on any atom is -0.481 e. The number of ether oxygens (including phenoxy) is 1. The third-order valence-electron chi connectivity index (χ3n) is 6.89. The Morgan fingerprint density at radius 3 is 2.38 bits per heavy atom. The summed E-state index contributed by atoms with van der Waals surface area (Å²) < 4.78 is 33.4. The van der Waals surface area contributed by atoms with Crippen molar-refractivity contribution < 1.29 is 27.9 Å². The SMILES string of the molecule is CC[C@@H](CN(C)S(=O)(=O)C1CC1)N1C(=O)[C@H](CC(=O)O)O[C@H](c2cccc(Cl)c2)[C@H]1c1ccc(Cl)cc1. The number of amides is 1. The summed E-state index contributed by atoms with van der Waals surface area (Å²) in [5.41, 5.74) is 1.40. The predicted octanol–water partition coefficient (Wildman–Crippen LogP) is 4.68. The van der Waals surface area contributed by atoms with Crippen molar-refractivity contribution in [3.05, 3.63) is 69.7 Å². The first-order valence-electron chi connectivity index (χ1n) is 12.2. The van der Waals surface area contributed by atoms with Crippen molar-refractivity contribution in [3.8, 4) is 0 Å². The number of carbonyl (C=O) groups excluding carboxylic acids is 1.